The van der Waals surface area contributed by atoms with E-state index in [1.165, 1.54) is 10.5 Å². The summed E-state index contributed by atoms with van der Waals surface area (Å²) in [5.41, 5.74) is 2.64. The van der Waals surface area contributed by atoms with E-state index in [-0.39, 0.29) is 25.0 Å². The molecule has 2 saturated heterocycles. The summed E-state index contributed by atoms with van der Waals surface area (Å²) < 4.78 is 10.8. The molecule has 162 valence electrons. The molecular weight excluding hydrogens is 418 g/mol. The maximum Gasteiger partial charge on any atom is 0.251 e. The number of hydrogen-bond donors (Lipinski definition) is 0. The molecule has 5 rings (SSSR count). The summed E-state index contributed by atoms with van der Waals surface area (Å²) in [6.07, 6.45) is 0.215. The van der Waals surface area contributed by atoms with Crippen molar-refractivity contribution in [1.82, 2.24) is 9.80 Å². The first-order chi connectivity index (χ1) is 15.0. The summed E-state index contributed by atoms with van der Waals surface area (Å²) in [6, 6.07) is 10.9. The number of hydrogen-bond acceptors (Lipinski definition) is 6. The zero-order chi connectivity index (χ0) is 21.5. The Hall–Kier alpha value is -2.61. The minimum absolute atomic E-state index is 0.158. The lowest BCUT2D eigenvalue weighted by Crippen LogP contribution is -2.52. The number of imide groups is 1. The van der Waals surface area contributed by atoms with Gasteiger partial charge < -0.3 is 9.47 Å². The zero-order valence-electron chi connectivity index (χ0n) is 17.3. The van der Waals surface area contributed by atoms with Gasteiger partial charge in [-0.15, -0.1) is 0 Å². The number of piperazine rings is 1. The van der Waals surface area contributed by atoms with Crippen LogP contribution in [-0.2, 0) is 16.1 Å². The van der Waals surface area contributed by atoms with Gasteiger partial charge in [0, 0.05) is 37.7 Å². The summed E-state index contributed by atoms with van der Waals surface area (Å²) in [5.74, 6) is 1.26. The van der Waals surface area contributed by atoms with E-state index < -0.39 is 6.04 Å². The van der Waals surface area contributed by atoms with Crippen LogP contribution in [0.25, 0.3) is 0 Å². The second kappa shape index (κ2) is 8.15. The van der Waals surface area contributed by atoms with E-state index in [2.05, 4.69) is 15.9 Å². The van der Waals surface area contributed by atoms with Crippen molar-refractivity contribution >= 4 is 29.1 Å². The van der Waals surface area contributed by atoms with E-state index >= 15 is 0 Å². The Morgan fingerprint density at radius 3 is 2.55 bits per heavy atom. The number of aryl methyl sites for hydroxylation is 1. The Morgan fingerprint density at radius 2 is 1.77 bits per heavy atom. The van der Waals surface area contributed by atoms with Gasteiger partial charge in [0.05, 0.1) is 18.2 Å². The molecule has 0 aliphatic carbocycles. The molecule has 7 nitrogen and oxygen atoms in total. The number of rotatable bonds is 4. The highest BCUT2D eigenvalue weighted by atomic mass is 35.5. The first kappa shape index (κ1) is 20.3. The summed E-state index contributed by atoms with van der Waals surface area (Å²) in [6.45, 7) is 6.15. The Balaban J connectivity index is 1.21. The molecule has 2 fully saturated rings. The number of carbonyl (C=O) groups excluding carboxylic acids is 2. The smallest absolute Gasteiger partial charge is 0.251 e. The number of ether oxygens (including phenoxy) is 2. The number of halogens is 1. The van der Waals surface area contributed by atoms with Crippen LogP contribution in [-0.4, -0.2) is 60.6 Å². The quantitative estimate of drug-likeness (QED) is 0.680. The fraction of sp³-hybridized carbons (Fsp3) is 0.391. The van der Waals surface area contributed by atoms with E-state index in [0.717, 1.165) is 49.8 Å². The third-order valence-electron chi connectivity index (χ3n) is 6.23. The highest BCUT2D eigenvalue weighted by Gasteiger charge is 2.43. The van der Waals surface area contributed by atoms with Crippen LogP contribution in [0.2, 0.25) is 5.02 Å². The topological polar surface area (TPSA) is 62.3 Å². The molecule has 0 N–H and O–H groups in total. The van der Waals surface area contributed by atoms with Crippen LogP contribution in [0.5, 0.6) is 11.5 Å². The largest absolute Gasteiger partial charge is 0.454 e. The van der Waals surface area contributed by atoms with Crippen LogP contribution in [0, 0.1) is 6.92 Å². The first-order valence-corrected chi connectivity index (χ1v) is 10.9. The summed E-state index contributed by atoms with van der Waals surface area (Å²) in [4.78, 5) is 31.5. The molecule has 0 saturated carbocycles. The first-order valence-electron chi connectivity index (χ1n) is 10.5. The van der Waals surface area contributed by atoms with Crippen LogP contribution in [0.15, 0.2) is 36.4 Å². The van der Waals surface area contributed by atoms with Crippen LogP contribution < -0.4 is 14.4 Å². The molecule has 0 radical (unpaired) electrons. The minimum Gasteiger partial charge on any atom is -0.454 e. The van der Waals surface area contributed by atoms with Crippen molar-refractivity contribution in [3.05, 3.63) is 52.5 Å². The number of fused-ring (bicyclic) bond motifs is 1. The molecule has 2 amide bonds. The third-order valence-corrected chi connectivity index (χ3v) is 6.63. The van der Waals surface area contributed by atoms with Crippen molar-refractivity contribution in [1.29, 1.82) is 0 Å². The lowest BCUT2D eigenvalue weighted by molar-refractivity contribution is -0.123. The molecular formula is C23H24ClN3O4. The Labute approximate surface area is 186 Å². The lowest BCUT2D eigenvalue weighted by atomic mass is 10.1. The second-order valence-electron chi connectivity index (χ2n) is 8.22. The fourth-order valence-corrected chi connectivity index (χ4v) is 4.60. The van der Waals surface area contributed by atoms with Gasteiger partial charge in [0.25, 0.3) is 5.91 Å². The number of benzene rings is 2. The number of carbonyl (C=O) groups is 2. The summed E-state index contributed by atoms with van der Waals surface area (Å²) in [5, 5.41) is 0.554. The van der Waals surface area contributed by atoms with Gasteiger partial charge in [0.1, 0.15) is 0 Å². The standard InChI is InChI=1S/C23H24ClN3O4/c1-15-2-4-17(11-18(15)24)27-22(28)12-19(23(27)29)26-8-6-25(7-9-26)13-16-3-5-20-21(10-16)31-14-30-20/h2-5,10-11,19H,6-9,12-14H2,1H3/t19-/m1/s1. The minimum atomic E-state index is -0.403. The molecule has 2 aromatic carbocycles. The van der Waals surface area contributed by atoms with Crippen molar-refractivity contribution in [3.8, 4) is 11.5 Å². The van der Waals surface area contributed by atoms with Crippen molar-refractivity contribution < 1.29 is 19.1 Å². The molecule has 31 heavy (non-hydrogen) atoms. The second-order valence-corrected chi connectivity index (χ2v) is 8.63. The fourth-order valence-electron chi connectivity index (χ4n) is 4.42. The maximum absolute atomic E-state index is 13.1. The third kappa shape index (κ3) is 3.89. The molecule has 1 atom stereocenters. The van der Waals surface area contributed by atoms with E-state index in [1.807, 2.05) is 25.1 Å². The molecule has 0 bridgehead atoms. The van der Waals surface area contributed by atoms with Gasteiger partial charge in [0.15, 0.2) is 11.5 Å². The maximum atomic E-state index is 13.1. The SMILES string of the molecule is Cc1ccc(N2C(=O)C[C@@H](N3CCN(Cc4ccc5c(c4)OCO5)CC3)C2=O)cc1Cl. The molecule has 2 aromatic rings. The van der Waals surface area contributed by atoms with Crippen molar-refractivity contribution in [2.45, 2.75) is 25.9 Å². The van der Waals surface area contributed by atoms with Crippen molar-refractivity contribution in [3.63, 3.8) is 0 Å². The van der Waals surface area contributed by atoms with Crippen LogP contribution in [0.4, 0.5) is 5.69 Å². The molecule has 8 heteroatoms. The number of anilines is 1. The van der Waals surface area contributed by atoms with Gasteiger partial charge in [-0.1, -0.05) is 23.7 Å². The van der Waals surface area contributed by atoms with E-state index in [4.69, 9.17) is 21.1 Å². The number of nitrogens with zero attached hydrogens (tertiary/aromatic N) is 3. The summed E-state index contributed by atoms with van der Waals surface area (Å²) in [7, 11) is 0. The van der Waals surface area contributed by atoms with Crippen LogP contribution >= 0.6 is 11.6 Å². The van der Waals surface area contributed by atoms with Crippen LogP contribution in [0.1, 0.15) is 17.5 Å². The van der Waals surface area contributed by atoms with Gasteiger partial charge in [-0.2, -0.15) is 0 Å². The molecule has 3 aliphatic rings. The van der Waals surface area contributed by atoms with Crippen molar-refractivity contribution in [2.24, 2.45) is 0 Å². The van der Waals surface area contributed by atoms with E-state index in [0.29, 0.717) is 10.7 Å². The molecule has 3 aliphatic heterocycles. The highest BCUT2D eigenvalue weighted by molar-refractivity contribution is 6.32. The van der Waals surface area contributed by atoms with Crippen molar-refractivity contribution in [2.75, 3.05) is 37.9 Å². The lowest BCUT2D eigenvalue weighted by Gasteiger charge is -2.37. The van der Waals surface area contributed by atoms with Crippen LogP contribution in [0.3, 0.4) is 0 Å². The van der Waals surface area contributed by atoms with Gasteiger partial charge in [-0.05, 0) is 42.3 Å². The predicted octanol–water partition coefficient (Wildman–Crippen LogP) is 2.83. The predicted molar refractivity (Wildman–Crippen MR) is 117 cm³/mol. The monoisotopic (exact) mass is 441 g/mol. The van der Waals surface area contributed by atoms with Gasteiger partial charge >= 0.3 is 0 Å². The normalized spacial score (nSPS) is 21.9. The van der Waals surface area contributed by atoms with E-state index in [1.54, 1.807) is 12.1 Å². The highest BCUT2D eigenvalue weighted by Crippen LogP contribution is 2.33. The average molecular weight is 442 g/mol. The molecule has 0 aromatic heterocycles. The molecule has 0 spiro atoms. The Bertz CT molecular complexity index is 1040. The van der Waals surface area contributed by atoms with Gasteiger partial charge in [0.2, 0.25) is 12.7 Å². The Morgan fingerprint density at radius 1 is 1.00 bits per heavy atom. The van der Waals surface area contributed by atoms with Gasteiger partial charge in [-0.25, -0.2) is 4.90 Å². The average Bonchev–Trinajstić information content (AvgIpc) is 3.34. The Kier molecular flexibility index (Phi) is 5.33. The molecule has 0 unspecified atom stereocenters. The van der Waals surface area contributed by atoms with Gasteiger partial charge in [-0.3, -0.25) is 19.4 Å². The molecule has 3 heterocycles. The summed E-state index contributed by atoms with van der Waals surface area (Å²) >= 11 is 6.21. The number of amides is 2. The zero-order valence-corrected chi connectivity index (χ0v) is 18.1. The van der Waals surface area contributed by atoms with E-state index in [9.17, 15) is 9.59 Å².